The zero-order valence-corrected chi connectivity index (χ0v) is 12.2. The minimum absolute atomic E-state index is 0.347. The molecule has 7 heteroatoms. The van der Waals surface area contributed by atoms with Gasteiger partial charge in [-0.05, 0) is 24.3 Å². The molecule has 0 saturated heterocycles. The van der Waals surface area contributed by atoms with Crippen LogP contribution in [0.15, 0.2) is 36.7 Å². The highest BCUT2D eigenvalue weighted by atomic mass is 35.5. The van der Waals surface area contributed by atoms with E-state index in [1.807, 2.05) is 29.0 Å². The number of aromatic nitrogens is 2. The van der Waals surface area contributed by atoms with E-state index < -0.39 is 5.54 Å². The maximum absolute atomic E-state index is 9.32. The van der Waals surface area contributed by atoms with E-state index in [1.54, 1.807) is 12.3 Å². The average molecular weight is 312 g/mol. The third kappa shape index (κ3) is 3.42. The van der Waals surface area contributed by atoms with Crippen LogP contribution in [0.4, 0.5) is 0 Å². The Hall–Kier alpha value is -1.44. The van der Waals surface area contributed by atoms with Crippen molar-refractivity contribution in [3.8, 4) is 5.69 Å². The van der Waals surface area contributed by atoms with Gasteiger partial charge in [0.25, 0.3) is 0 Å². The predicted octanol–water partition coefficient (Wildman–Crippen LogP) is 0.331. The molecule has 0 atom stereocenters. The minimum atomic E-state index is -1.12. The molecule has 0 aromatic carbocycles. The second-order valence-electron chi connectivity index (χ2n) is 4.79. The van der Waals surface area contributed by atoms with Crippen molar-refractivity contribution >= 4 is 11.6 Å². The monoisotopic (exact) mass is 311 g/mol. The largest absolute Gasteiger partial charge is 0.394 e. The van der Waals surface area contributed by atoms with Crippen LogP contribution in [0.5, 0.6) is 0 Å². The quantitative estimate of drug-likeness (QED) is 0.553. The molecule has 6 nitrogen and oxygen atoms in total. The molecule has 0 amide bonds. The van der Waals surface area contributed by atoms with Crippen LogP contribution in [0.25, 0.3) is 5.69 Å². The summed E-state index contributed by atoms with van der Waals surface area (Å²) in [5, 5.41) is 31.3. The molecular weight excluding hydrogens is 294 g/mol. The van der Waals surface area contributed by atoms with Gasteiger partial charge in [-0.2, -0.15) is 0 Å². The SMILES string of the molecule is OCC(CO)(CO)NCc1cccn1-c1cccnc1Cl. The van der Waals surface area contributed by atoms with Crippen molar-refractivity contribution in [2.75, 3.05) is 19.8 Å². The molecule has 0 aliphatic rings. The number of nitrogens with one attached hydrogen (secondary N) is 1. The number of aliphatic hydroxyl groups excluding tert-OH is 3. The molecule has 0 saturated carbocycles. The van der Waals surface area contributed by atoms with E-state index in [9.17, 15) is 15.3 Å². The zero-order valence-electron chi connectivity index (χ0n) is 11.4. The summed E-state index contributed by atoms with van der Waals surface area (Å²) in [6, 6.07) is 7.38. The van der Waals surface area contributed by atoms with Crippen LogP contribution >= 0.6 is 11.6 Å². The van der Waals surface area contributed by atoms with Gasteiger partial charge >= 0.3 is 0 Å². The minimum Gasteiger partial charge on any atom is -0.394 e. The number of aliphatic hydroxyl groups is 3. The summed E-state index contributed by atoms with van der Waals surface area (Å²) in [5.41, 5.74) is 0.488. The van der Waals surface area contributed by atoms with Crippen molar-refractivity contribution < 1.29 is 15.3 Å². The summed E-state index contributed by atoms with van der Waals surface area (Å²) >= 11 is 6.09. The Morgan fingerprint density at radius 1 is 1.14 bits per heavy atom. The van der Waals surface area contributed by atoms with Crippen molar-refractivity contribution in [1.82, 2.24) is 14.9 Å². The maximum Gasteiger partial charge on any atom is 0.152 e. The van der Waals surface area contributed by atoms with E-state index in [2.05, 4.69) is 10.3 Å². The molecule has 2 rings (SSSR count). The standard InChI is InChI=1S/C14H18ClN3O3/c15-13-12(4-1-5-16-13)18-6-2-3-11(18)7-17-14(8-19,9-20)10-21/h1-6,17,19-21H,7-10H2. The predicted molar refractivity (Wildman–Crippen MR) is 79.4 cm³/mol. The Balaban J connectivity index is 2.20. The normalized spacial score (nSPS) is 11.8. The Morgan fingerprint density at radius 3 is 2.48 bits per heavy atom. The van der Waals surface area contributed by atoms with Crippen molar-refractivity contribution in [3.05, 3.63) is 47.5 Å². The van der Waals surface area contributed by atoms with Gasteiger partial charge in [0.15, 0.2) is 5.15 Å². The van der Waals surface area contributed by atoms with E-state index in [0.717, 1.165) is 11.4 Å². The Bertz CT molecular complexity index is 576. The molecule has 2 heterocycles. The van der Waals surface area contributed by atoms with E-state index in [0.29, 0.717) is 11.7 Å². The fourth-order valence-electron chi connectivity index (χ4n) is 1.95. The molecule has 2 aromatic rings. The van der Waals surface area contributed by atoms with E-state index in [-0.39, 0.29) is 19.8 Å². The fourth-order valence-corrected chi connectivity index (χ4v) is 2.16. The molecule has 21 heavy (non-hydrogen) atoms. The number of halogens is 1. The summed E-state index contributed by atoms with van der Waals surface area (Å²) in [7, 11) is 0. The number of hydrogen-bond donors (Lipinski definition) is 4. The van der Waals surface area contributed by atoms with Gasteiger partial charge in [-0.25, -0.2) is 4.98 Å². The Kier molecular flexibility index (Phi) is 5.33. The van der Waals surface area contributed by atoms with Gasteiger partial charge in [0.05, 0.1) is 31.0 Å². The fraction of sp³-hybridized carbons (Fsp3) is 0.357. The first kappa shape index (κ1) is 15.9. The second-order valence-corrected chi connectivity index (χ2v) is 5.15. The van der Waals surface area contributed by atoms with Crippen molar-refractivity contribution in [3.63, 3.8) is 0 Å². The lowest BCUT2D eigenvalue weighted by atomic mass is 10.0. The smallest absolute Gasteiger partial charge is 0.152 e. The number of rotatable bonds is 7. The number of nitrogens with zero attached hydrogens (tertiary/aromatic N) is 2. The summed E-state index contributed by atoms with van der Waals surface area (Å²) in [5.74, 6) is 0. The topological polar surface area (TPSA) is 90.5 Å². The zero-order chi connectivity index (χ0) is 15.3. The molecule has 0 radical (unpaired) electrons. The van der Waals surface area contributed by atoms with Crippen molar-refractivity contribution in [1.29, 1.82) is 0 Å². The lowest BCUT2D eigenvalue weighted by molar-refractivity contribution is 0.0411. The van der Waals surface area contributed by atoms with Crippen LogP contribution in [0.2, 0.25) is 5.15 Å². The molecule has 114 valence electrons. The van der Waals surface area contributed by atoms with Gasteiger partial charge in [-0.15, -0.1) is 0 Å². The summed E-state index contributed by atoms with van der Waals surface area (Å²) in [6.45, 7) is -0.753. The average Bonchev–Trinajstić information content (AvgIpc) is 2.98. The summed E-state index contributed by atoms with van der Waals surface area (Å²) in [6.07, 6.45) is 3.46. The van der Waals surface area contributed by atoms with E-state index >= 15 is 0 Å². The summed E-state index contributed by atoms with van der Waals surface area (Å²) in [4.78, 5) is 4.04. The first-order valence-electron chi connectivity index (χ1n) is 6.50. The second kappa shape index (κ2) is 7.02. The van der Waals surface area contributed by atoms with Crippen LogP contribution in [0.3, 0.4) is 0 Å². The summed E-state index contributed by atoms with van der Waals surface area (Å²) < 4.78 is 1.86. The molecule has 4 N–H and O–H groups in total. The van der Waals surface area contributed by atoms with Gasteiger partial charge in [0.1, 0.15) is 0 Å². The van der Waals surface area contributed by atoms with Gasteiger partial charge in [0.2, 0.25) is 0 Å². The highest BCUT2D eigenvalue weighted by Crippen LogP contribution is 2.20. The number of pyridine rings is 1. The van der Waals surface area contributed by atoms with Crippen LogP contribution < -0.4 is 5.32 Å². The van der Waals surface area contributed by atoms with Crippen LogP contribution in [-0.2, 0) is 6.54 Å². The van der Waals surface area contributed by atoms with Crippen LogP contribution in [-0.4, -0.2) is 50.2 Å². The third-order valence-electron chi connectivity index (χ3n) is 3.38. The van der Waals surface area contributed by atoms with Gasteiger partial charge in [0, 0.05) is 24.6 Å². The highest BCUT2D eigenvalue weighted by Gasteiger charge is 2.27. The van der Waals surface area contributed by atoms with Crippen LogP contribution in [0.1, 0.15) is 5.69 Å². The molecule has 0 fully saturated rings. The molecular formula is C14H18ClN3O3. The van der Waals surface area contributed by atoms with Gasteiger partial charge in [-0.1, -0.05) is 11.6 Å². The molecule has 0 spiro atoms. The van der Waals surface area contributed by atoms with Gasteiger partial charge in [-0.3, -0.25) is 5.32 Å². The van der Waals surface area contributed by atoms with Crippen molar-refractivity contribution in [2.45, 2.75) is 12.1 Å². The first-order valence-corrected chi connectivity index (χ1v) is 6.88. The maximum atomic E-state index is 9.32. The number of hydrogen-bond acceptors (Lipinski definition) is 5. The molecule has 0 unspecified atom stereocenters. The molecule has 0 bridgehead atoms. The van der Waals surface area contributed by atoms with Crippen molar-refractivity contribution in [2.24, 2.45) is 0 Å². The van der Waals surface area contributed by atoms with E-state index in [1.165, 1.54) is 0 Å². The van der Waals surface area contributed by atoms with E-state index in [4.69, 9.17) is 11.6 Å². The lowest BCUT2D eigenvalue weighted by Crippen LogP contribution is -2.54. The Morgan fingerprint density at radius 2 is 1.86 bits per heavy atom. The first-order chi connectivity index (χ1) is 10.2. The molecule has 0 aliphatic carbocycles. The highest BCUT2D eigenvalue weighted by molar-refractivity contribution is 6.31. The molecule has 2 aromatic heterocycles. The lowest BCUT2D eigenvalue weighted by Gasteiger charge is -2.29. The third-order valence-corrected chi connectivity index (χ3v) is 3.68. The Labute approximate surface area is 127 Å². The van der Waals surface area contributed by atoms with Crippen LogP contribution in [0, 0.1) is 0 Å². The van der Waals surface area contributed by atoms with Gasteiger partial charge < -0.3 is 19.9 Å². The molecule has 0 aliphatic heterocycles.